The molecule has 0 aliphatic heterocycles. The van der Waals surface area contributed by atoms with Gasteiger partial charge in [-0.25, -0.2) is 8.78 Å². The second-order valence-electron chi connectivity index (χ2n) is 2.64. The van der Waals surface area contributed by atoms with E-state index in [4.69, 9.17) is 11.5 Å². The second-order valence-corrected chi connectivity index (χ2v) is 2.64. The van der Waals surface area contributed by atoms with E-state index >= 15 is 0 Å². The maximum atomic E-state index is 12.2. The highest BCUT2D eigenvalue weighted by atomic mass is 19.3. The summed E-state index contributed by atoms with van der Waals surface area (Å²) in [6.07, 6.45) is -2.49. The lowest BCUT2D eigenvalue weighted by atomic mass is 10.1. The van der Waals surface area contributed by atoms with Crippen molar-refractivity contribution in [3.63, 3.8) is 0 Å². The molecule has 0 aliphatic rings. The van der Waals surface area contributed by atoms with Crippen LogP contribution in [-0.2, 0) is 0 Å². The van der Waals surface area contributed by atoms with Crippen molar-refractivity contribution in [3.05, 3.63) is 23.3 Å². The first-order valence-corrected chi connectivity index (χ1v) is 3.46. The Morgan fingerprint density at radius 1 is 1.25 bits per heavy atom. The standard InChI is InChI=1S/C8H10F2N2/c1-4-2-5(8(9)10)3-6(11)7(4)12/h2-3,8H,11-12H2,1H3. The molecule has 0 spiro atoms. The van der Waals surface area contributed by atoms with Crippen LogP contribution in [0.25, 0.3) is 0 Å². The molecule has 0 saturated heterocycles. The largest absolute Gasteiger partial charge is 0.397 e. The van der Waals surface area contributed by atoms with Gasteiger partial charge < -0.3 is 11.5 Å². The Morgan fingerprint density at radius 3 is 2.25 bits per heavy atom. The van der Waals surface area contributed by atoms with Gasteiger partial charge in [0, 0.05) is 5.56 Å². The van der Waals surface area contributed by atoms with Gasteiger partial charge in [-0.2, -0.15) is 0 Å². The van der Waals surface area contributed by atoms with Crippen LogP contribution >= 0.6 is 0 Å². The van der Waals surface area contributed by atoms with E-state index < -0.39 is 6.43 Å². The zero-order valence-corrected chi connectivity index (χ0v) is 6.64. The van der Waals surface area contributed by atoms with E-state index in [1.807, 2.05) is 0 Å². The molecule has 2 nitrogen and oxygen atoms in total. The fourth-order valence-electron chi connectivity index (χ4n) is 0.980. The number of nitrogen functional groups attached to an aromatic ring is 2. The summed E-state index contributed by atoms with van der Waals surface area (Å²) in [6, 6.07) is 2.54. The molecule has 1 aromatic rings. The molecule has 0 unspecified atom stereocenters. The maximum absolute atomic E-state index is 12.2. The van der Waals surface area contributed by atoms with Crippen LogP contribution in [0.4, 0.5) is 20.2 Å². The molecule has 12 heavy (non-hydrogen) atoms. The minimum Gasteiger partial charge on any atom is -0.397 e. The molecule has 4 heteroatoms. The Morgan fingerprint density at radius 2 is 1.83 bits per heavy atom. The van der Waals surface area contributed by atoms with E-state index in [0.29, 0.717) is 11.3 Å². The van der Waals surface area contributed by atoms with Gasteiger partial charge in [0.2, 0.25) is 0 Å². The Kier molecular flexibility index (Phi) is 2.17. The van der Waals surface area contributed by atoms with Crippen molar-refractivity contribution in [2.45, 2.75) is 13.3 Å². The molecule has 0 atom stereocenters. The number of nitrogens with two attached hydrogens (primary N) is 2. The molecule has 0 radical (unpaired) electrons. The van der Waals surface area contributed by atoms with Crippen molar-refractivity contribution in [1.29, 1.82) is 0 Å². The van der Waals surface area contributed by atoms with Gasteiger partial charge in [-0.05, 0) is 24.6 Å². The summed E-state index contributed by atoms with van der Waals surface area (Å²) in [6.45, 7) is 1.65. The molecule has 0 aromatic heterocycles. The van der Waals surface area contributed by atoms with Crippen molar-refractivity contribution in [2.24, 2.45) is 0 Å². The van der Waals surface area contributed by atoms with E-state index in [-0.39, 0.29) is 11.3 Å². The predicted octanol–water partition coefficient (Wildman–Crippen LogP) is 2.10. The summed E-state index contributed by atoms with van der Waals surface area (Å²) >= 11 is 0. The number of hydrogen-bond acceptors (Lipinski definition) is 2. The molecule has 1 rings (SSSR count). The highest BCUT2D eigenvalue weighted by Crippen LogP contribution is 2.27. The first-order valence-electron chi connectivity index (χ1n) is 3.46. The van der Waals surface area contributed by atoms with Crippen molar-refractivity contribution in [1.82, 2.24) is 0 Å². The van der Waals surface area contributed by atoms with Gasteiger partial charge in [0.15, 0.2) is 0 Å². The van der Waals surface area contributed by atoms with Gasteiger partial charge in [0.25, 0.3) is 6.43 Å². The minimum absolute atomic E-state index is 0.0841. The van der Waals surface area contributed by atoms with Crippen LogP contribution in [0, 0.1) is 6.92 Å². The number of halogens is 2. The molecular weight excluding hydrogens is 162 g/mol. The van der Waals surface area contributed by atoms with Gasteiger partial charge in [-0.15, -0.1) is 0 Å². The van der Waals surface area contributed by atoms with Gasteiger partial charge in [0.05, 0.1) is 11.4 Å². The summed E-state index contributed by atoms with van der Waals surface area (Å²) < 4.78 is 24.3. The normalized spacial score (nSPS) is 10.7. The summed E-state index contributed by atoms with van der Waals surface area (Å²) in [5, 5.41) is 0. The number of anilines is 2. The van der Waals surface area contributed by atoms with Crippen molar-refractivity contribution in [3.8, 4) is 0 Å². The number of hydrogen-bond donors (Lipinski definition) is 2. The summed E-state index contributed by atoms with van der Waals surface area (Å²) in [5.74, 6) is 0. The second kappa shape index (κ2) is 2.97. The summed E-state index contributed by atoms with van der Waals surface area (Å²) in [7, 11) is 0. The van der Waals surface area contributed by atoms with Gasteiger partial charge in [-0.1, -0.05) is 0 Å². The highest BCUT2D eigenvalue weighted by molar-refractivity contribution is 5.68. The Balaban J connectivity index is 3.21. The summed E-state index contributed by atoms with van der Waals surface area (Å²) in [5.41, 5.74) is 12.0. The van der Waals surface area contributed by atoms with E-state index in [0.717, 1.165) is 0 Å². The lowest BCUT2D eigenvalue weighted by Gasteiger charge is -2.07. The minimum atomic E-state index is -2.49. The quantitative estimate of drug-likeness (QED) is 0.637. The van der Waals surface area contributed by atoms with Crippen LogP contribution in [0.15, 0.2) is 12.1 Å². The maximum Gasteiger partial charge on any atom is 0.263 e. The van der Waals surface area contributed by atoms with Crippen LogP contribution in [0.5, 0.6) is 0 Å². The third kappa shape index (κ3) is 1.47. The molecule has 0 bridgehead atoms. The Bertz CT molecular complexity index is 274. The number of aryl methyl sites for hydroxylation is 1. The van der Waals surface area contributed by atoms with Gasteiger partial charge in [-0.3, -0.25) is 0 Å². The van der Waals surface area contributed by atoms with E-state index in [9.17, 15) is 8.78 Å². The topological polar surface area (TPSA) is 52.0 Å². The number of alkyl halides is 2. The zero-order valence-electron chi connectivity index (χ0n) is 6.64. The van der Waals surface area contributed by atoms with Crippen molar-refractivity contribution >= 4 is 11.4 Å². The monoisotopic (exact) mass is 172 g/mol. The zero-order chi connectivity index (χ0) is 9.30. The van der Waals surface area contributed by atoms with Crippen LogP contribution in [0.2, 0.25) is 0 Å². The molecule has 4 N–H and O–H groups in total. The number of benzene rings is 1. The highest BCUT2D eigenvalue weighted by Gasteiger charge is 2.09. The van der Waals surface area contributed by atoms with Crippen molar-refractivity contribution in [2.75, 3.05) is 11.5 Å². The average molecular weight is 172 g/mol. The first-order chi connectivity index (χ1) is 5.52. The smallest absolute Gasteiger partial charge is 0.263 e. The van der Waals surface area contributed by atoms with Crippen LogP contribution in [0.1, 0.15) is 17.6 Å². The lowest BCUT2D eigenvalue weighted by molar-refractivity contribution is 0.151. The Labute approximate surface area is 69.2 Å². The van der Waals surface area contributed by atoms with Gasteiger partial charge in [0.1, 0.15) is 0 Å². The average Bonchev–Trinajstić information content (AvgIpc) is 1.99. The van der Waals surface area contributed by atoms with Gasteiger partial charge >= 0.3 is 0 Å². The fourth-order valence-corrected chi connectivity index (χ4v) is 0.980. The summed E-state index contributed by atoms with van der Waals surface area (Å²) in [4.78, 5) is 0. The SMILES string of the molecule is Cc1cc(C(F)F)cc(N)c1N. The van der Waals surface area contributed by atoms with Crippen LogP contribution in [-0.4, -0.2) is 0 Å². The fraction of sp³-hybridized carbons (Fsp3) is 0.250. The van der Waals surface area contributed by atoms with E-state index in [1.54, 1.807) is 6.92 Å². The molecule has 0 amide bonds. The van der Waals surface area contributed by atoms with E-state index in [1.165, 1.54) is 12.1 Å². The van der Waals surface area contributed by atoms with Crippen molar-refractivity contribution < 1.29 is 8.78 Å². The first kappa shape index (κ1) is 8.77. The lowest BCUT2D eigenvalue weighted by Crippen LogP contribution is -1.99. The van der Waals surface area contributed by atoms with E-state index in [2.05, 4.69) is 0 Å². The molecule has 0 heterocycles. The Hall–Kier alpha value is -1.32. The number of rotatable bonds is 1. The van der Waals surface area contributed by atoms with Crippen LogP contribution in [0.3, 0.4) is 0 Å². The molecule has 0 fully saturated rings. The molecule has 0 aliphatic carbocycles. The molecule has 0 saturated carbocycles. The molecule has 1 aromatic carbocycles. The third-order valence-electron chi connectivity index (χ3n) is 1.69. The molecular formula is C8H10F2N2. The van der Waals surface area contributed by atoms with Crippen LogP contribution < -0.4 is 11.5 Å². The predicted molar refractivity (Wildman–Crippen MR) is 45.0 cm³/mol. The molecule has 66 valence electrons. The third-order valence-corrected chi connectivity index (χ3v) is 1.69.